The van der Waals surface area contributed by atoms with Gasteiger partial charge in [0.05, 0.1) is 10.8 Å². The van der Waals surface area contributed by atoms with E-state index >= 15 is 0 Å². The van der Waals surface area contributed by atoms with Gasteiger partial charge in [0.1, 0.15) is 5.15 Å². The van der Waals surface area contributed by atoms with Crippen molar-refractivity contribution in [2.75, 3.05) is 18.8 Å². The first-order chi connectivity index (χ1) is 8.15. The van der Waals surface area contributed by atoms with Gasteiger partial charge in [-0.15, -0.1) is 0 Å². The maximum atomic E-state index is 12.1. The van der Waals surface area contributed by atoms with Crippen molar-refractivity contribution in [1.29, 1.82) is 0 Å². The van der Waals surface area contributed by atoms with Gasteiger partial charge in [-0.2, -0.15) is 0 Å². The van der Waals surface area contributed by atoms with E-state index in [9.17, 15) is 4.21 Å². The topological polar surface area (TPSA) is 54.9 Å². The molecule has 0 spiro atoms. The highest BCUT2D eigenvalue weighted by Gasteiger charge is 2.18. The quantitative estimate of drug-likeness (QED) is 0.671. The Labute approximate surface area is 109 Å². The second kappa shape index (κ2) is 5.89. The number of nitrogens with one attached hydrogen (secondary N) is 1. The molecular weight excluding hydrogens is 258 g/mol. The van der Waals surface area contributed by atoms with Crippen LogP contribution < -0.4 is 5.32 Å². The smallest absolute Gasteiger partial charge is 0.220 e. The van der Waals surface area contributed by atoms with Crippen molar-refractivity contribution in [1.82, 2.24) is 15.3 Å². The van der Waals surface area contributed by atoms with Crippen molar-refractivity contribution in [2.45, 2.75) is 24.9 Å². The van der Waals surface area contributed by atoms with Gasteiger partial charge < -0.3 is 5.32 Å². The molecule has 1 aliphatic rings. The van der Waals surface area contributed by atoms with Crippen molar-refractivity contribution < 1.29 is 4.21 Å². The molecule has 0 radical (unpaired) electrons. The minimum Gasteiger partial charge on any atom is -0.316 e. The zero-order valence-corrected chi connectivity index (χ0v) is 11.4. The fourth-order valence-electron chi connectivity index (χ4n) is 1.96. The molecule has 1 saturated heterocycles. The number of hydrogen-bond donors (Lipinski definition) is 1. The van der Waals surface area contributed by atoms with Crippen LogP contribution in [0.15, 0.2) is 11.2 Å². The van der Waals surface area contributed by atoms with E-state index in [2.05, 4.69) is 15.3 Å². The highest BCUT2D eigenvalue weighted by molar-refractivity contribution is 7.84. The molecule has 6 heteroatoms. The van der Waals surface area contributed by atoms with Crippen LogP contribution in [0.1, 0.15) is 18.5 Å². The average Bonchev–Trinajstić information content (AvgIpc) is 2.29. The summed E-state index contributed by atoms with van der Waals surface area (Å²) in [6.07, 6.45) is 2.27. The first-order valence-electron chi connectivity index (χ1n) is 5.75. The molecule has 0 saturated carbocycles. The van der Waals surface area contributed by atoms with Gasteiger partial charge in [0.2, 0.25) is 5.16 Å². The molecule has 0 aromatic carbocycles. The van der Waals surface area contributed by atoms with Crippen LogP contribution >= 0.6 is 11.6 Å². The summed E-state index contributed by atoms with van der Waals surface area (Å²) in [5, 5.41) is 4.04. The van der Waals surface area contributed by atoms with E-state index in [1.165, 1.54) is 0 Å². The van der Waals surface area contributed by atoms with Crippen molar-refractivity contribution in [3.05, 3.63) is 16.9 Å². The first-order valence-corrected chi connectivity index (χ1v) is 7.45. The Morgan fingerprint density at radius 3 is 3.06 bits per heavy atom. The van der Waals surface area contributed by atoms with Crippen LogP contribution in [0.5, 0.6) is 0 Å². The molecule has 2 atom stereocenters. The highest BCUT2D eigenvalue weighted by Crippen LogP contribution is 2.15. The predicted molar refractivity (Wildman–Crippen MR) is 68.6 cm³/mol. The number of piperidine rings is 1. The van der Waals surface area contributed by atoms with Crippen LogP contribution in [0.4, 0.5) is 0 Å². The predicted octanol–water partition coefficient (Wildman–Crippen LogP) is 1.55. The molecule has 4 nitrogen and oxygen atoms in total. The number of hydrogen-bond acceptors (Lipinski definition) is 4. The standard InChI is InChI=1S/C11H16ClN3OS/c1-8-5-10(12)15-11(14-8)17(16)7-9-3-2-4-13-6-9/h5,9,13H,2-4,6-7H2,1H3. The van der Waals surface area contributed by atoms with Gasteiger partial charge in [0.15, 0.2) is 0 Å². The van der Waals surface area contributed by atoms with Gasteiger partial charge in [-0.3, -0.25) is 4.21 Å². The molecule has 1 fully saturated rings. The molecule has 1 aliphatic heterocycles. The Morgan fingerprint density at radius 2 is 2.41 bits per heavy atom. The Balaban J connectivity index is 2.03. The number of aryl methyl sites for hydroxylation is 1. The number of halogens is 1. The third-order valence-corrected chi connectivity index (χ3v) is 4.35. The number of nitrogens with zero attached hydrogens (tertiary/aromatic N) is 2. The molecule has 2 heterocycles. The summed E-state index contributed by atoms with van der Waals surface area (Å²) in [5.41, 5.74) is 0.759. The fraction of sp³-hybridized carbons (Fsp3) is 0.636. The SMILES string of the molecule is Cc1cc(Cl)nc(S(=O)CC2CCCNC2)n1. The van der Waals surface area contributed by atoms with Crippen molar-refractivity contribution in [2.24, 2.45) is 5.92 Å². The molecule has 0 bridgehead atoms. The molecule has 1 N–H and O–H groups in total. The van der Waals surface area contributed by atoms with Gasteiger partial charge in [0.25, 0.3) is 0 Å². The lowest BCUT2D eigenvalue weighted by atomic mass is 10.0. The molecule has 0 amide bonds. The van der Waals surface area contributed by atoms with E-state index in [-0.39, 0.29) is 0 Å². The molecule has 1 aromatic rings. The Bertz CT molecular complexity index is 401. The number of aromatic nitrogens is 2. The van der Waals surface area contributed by atoms with Crippen LogP contribution in [-0.4, -0.2) is 33.0 Å². The largest absolute Gasteiger partial charge is 0.316 e. The summed E-state index contributed by atoms with van der Waals surface area (Å²) in [6, 6.07) is 1.67. The van der Waals surface area contributed by atoms with Crippen molar-refractivity contribution >= 4 is 22.4 Å². The molecule has 17 heavy (non-hydrogen) atoms. The Kier molecular flexibility index (Phi) is 4.48. The molecule has 2 unspecified atom stereocenters. The van der Waals surface area contributed by atoms with Crippen molar-refractivity contribution in [3.8, 4) is 0 Å². The van der Waals surface area contributed by atoms with Crippen LogP contribution in [0.25, 0.3) is 0 Å². The Hall–Kier alpha value is -0.520. The minimum atomic E-state index is -1.15. The van der Waals surface area contributed by atoms with E-state index in [0.717, 1.165) is 31.6 Å². The monoisotopic (exact) mass is 273 g/mol. The van der Waals surface area contributed by atoms with Gasteiger partial charge >= 0.3 is 0 Å². The zero-order valence-electron chi connectivity index (χ0n) is 9.78. The normalized spacial score (nSPS) is 22.4. The van der Waals surface area contributed by atoms with Gasteiger partial charge in [-0.05, 0) is 44.8 Å². The second-order valence-electron chi connectivity index (χ2n) is 4.34. The molecule has 2 rings (SSSR count). The summed E-state index contributed by atoms with van der Waals surface area (Å²) in [5.74, 6) is 1.07. The summed E-state index contributed by atoms with van der Waals surface area (Å²) >= 11 is 5.84. The summed E-state index contributed by atoms with van der Waals surface area (Å²) < 4.78 is 12.1. The van der Waals surface area contributed by atoms with Crippen LogP contribution in [0.2, 0.25) is 5.15 Å². The van der Waals surface area contributed by atoms with E-state index < -0.39 is 10.8 Å². The summed E-state index contributed by atoms with van der Waals surface area (Å²) in [4.78, 5) is 8.22. The van der Waals surface area contributed by atoms with E-state index in [1.807, 2.05) is 6.92 Å². The summed E-state index contributed by atoms with van der Waals surface area (Å²) in [7, 11) is -1.15. The number of rotatable bonds is 3. The first kappa shape index (κ1) is 12.9. The van der Waals surface area contributed by atoms with Crippen LogP contribution in [0.3, 0.4) is 0 Å². The molecule has 0 aliphatic carbocycles. The lowest BCUT2D eigenvalue weighted by molar-refractivity contribution is 0.407. The van der Waals surface area contributed by atoms with Gasteiger partial charge in [0, 0.05) is 11.4 Å². The maximum absolute atomic E-state index is 12.1. The Morgan fingerprint density at radius 1 is 1.59 bits per heavy atom. The van der Waals surface area contributed by atoms with Crippen LogP contribution in [0, 0.1) is 12.8 Å². The van der Waals surface area contributed by atoms with E-state index in [1.54, 1.807) is 6.07 Å². The molecule has 94 valence electrons. The second-order valence-corrected chi connectivity index (χ2v) is 6.12. The lowest BCUT2D eigenvalue weighted by Crippen LogP contribution is -2.32. The molecule has 1 aromatic heterocycles. The van der Waals surface area contributed by atoms with Crippen molar-refractivity contribution in [3.63, 3.8) is 0 Å². The van der Waals surface area contributed by atoms with Crippen LogP contribution in [-0.2, 0) is 10.8 Å². The highest BCUT2D eigenvalue weighted by atomic mass is 35.5. The lowest BCUT2D eigenvalue weighted by Gasteiger charge is -2.21. The minimum absolute atomic E-state index is 0.362. The third-order valence-electron chi connectivity index (χ3n) is 2.79. The van der Waals surface area contributed by atoms with Gasteiger partial charge in [-0.25, -0.2) is 9.97 Å². The van der Waals surface area contributed by atoms with E-state index in [0.29, 0.717) is 22.0 Å². The molecular formula is C11H16ClN3OS. The average molecular weight is 274 g/mol. The maximum Gasteiger partial charge on any atom is 0.220 e. The van der Waals surface area contributed by atoms with Gasteiger partial charge in [-0.1, -0.05) is 11.6 Å². The zero-order chi connectivity index (χ0) is 12.3. The summed E-state index contributed by atoms with van der Waals surface area (Å²) in [6.45, 7) is 3.83. The fourth-order valence-corrected chi connectivity index (χ4v) is 3.56. The third kappa shape index (κ3) is 3.72. The van der Waals surface area contributed by atoms with E-state index in [4.69, 9.17) is 11.6 Å².